The Hall–Kier alpha value is -2.81. The van der Waals surface area contributed by atoms with Gasteiger partial charge in [0.2, 0.25) is 5.95 Å². The predicted octanol–water partition coefficient (Wildman–Crippen LogP) is 2.78. The molecule has 94 valence electrons. The molecule has 1 heterocycles. The molecule has 0 spiro atoms. The molecule has 1 aromatic carbocycles. The molecule has 1 unspecified atom stereocenters. The van der Waals surface area contributed by atoms with E-state index in [4.69, 9.17) is 0 Å². The van der Waals surface area contributed by atoms with Crippen molar-refractivity contribution >= 4 is 5.69 Å². The average Bonchev–Trinajstić information content (AvgIpc) is 2.40. The third-order valence-corrected chi connectivity index (χ3v) is 2.60. The summed E-state index contributed by atoms with van der Waals surface area (Å²) in [5.74, 6) is -1.82. The quantitative estimate of drug-likeness (QED) is 0.481. The Morgan fingerprint density at radius 3 is 2.53 bits per heavy atom. The molecule has 5 nitrogen and oxygen atoms in total. The van der Waals surface area contributed by atoms with Gasteiger partial charge < -0.3 is 0 Å². The Morgan fingerprint density at radius 1 is 1.26 bits per heavy atom. The van der Waals surface area contributed by atoms with Gasteiger partial charge in [-0.25, -0.2) is 4.98 Å². The van der Waals surface area contributed by atoms with Crippen LogP contribution in [0.3, 0.4) is 0 Å². The van der Waals surface area contributed by atoms with E-state index < -0.39 is 16.8 Å². The van der Waals surface area contributed by atoms with Gasteiger partial charge in [-0.2, -0.15) is 9.65 Å². The minimum atomic E-state index is -0.975. The summed E-state index contributed by atoms with van der Waals surface area (Å²) in [4.78, 5) is 13.8. The molecule has 0 saturated heterocycles. The van der Waals surface area contributed by atoms with Crippen LogP contribution >= 0.6 is 0 Å². The highest BCUT2D eigenvalue weighted by molar-refractivity contribution is 5.45. The van der Waals surface area contributed by atoms with E-state index in [1.54, 1.807) is 30.3 Å². The number of nitriles is 1. The molecule has 2 aromatic rings. The fourth-order valence-corrected chi connectivity index (χ4v) is 1.75. The lowest BCUT2D eigenvalue weighted by atomic mass is 9.96. The van der Waals surface area contributed by atoms with Crippen LogP contribution < -0.4 is 0 Å². The molecule has 0 aliphatic heterocycles. The van der Waals surface area contributed by atoms with Crippen molar-refractivity contribution in [1.29, 1.82) is 5.26 Å². The third kappa shape index (κ3) is 2.55. The highest BCUT2D eigenvalue weighted by Crippen LogP contribution is 2.29. The maximum Gasteiger partial charge on any atom is 0.292 e. The van der Waals surface area contributed by atoms with Crippen molar-refractivity contribution in [3.8, 4) is 6.07 Å². The second kappa shape index (κ2) is 5.23. The summed E-state index contributed by atoms with van der Waals surface area (Å²) in [5.41, 5.74) is -0.0123. The number of rotatable bonds is 3. The van der Waals surface area contributed by atoms with E-state index in [1.165, 1.54) is 0 Å². The number of hydrogen-bond acceptors (Lipinski definition) is 4. The van der Waals surface area contributed by atoms with Gasteiger partial charge in [-0.1, -0.05) is 30.3 Å². The van der Waals surface area contributed by atoms with Crippen molar-refractivity contribution in [2.24, 2.45) is 0 Å². The molecule has 1 atom stereocenters. The molecule has 19 heavy (non-hydrogen) atoms. The van der Waals surface area contributed by atoms with Crippen molar-refractivity contribution in [2.45, 2.75) is 5.92 Å². The lowest BCUT2D eigenvalue weighted by Gasteiger charge is -2.09. The van der Waals surface area contributed by atoms with Crippen molar-refractivity contribution in [3.05, 3.63) is 69.8 Å². The lowest BCUT2D eigenvalue weighted by Crippen LogP contribution is -2.06. The van der Waals surface area contributed by atoms with Gasteiger partial charge in [0.1, 0.15) is 11.6 Å². The highest BCUT2D eigenvalue weighted by atomic mass is 19.1. The van der Waals surface area contributed by atoms with E-state index in [1.807, 2.05) is 6.07 Å². The van der Waals surface area contributed by atoms with Gasteiger partial charge in [0.05, 0.1) is 11.0 Å². The Morgan fingerprint density at radius 2 is 1.95 bits per heavy atom. The Labute approximate surface area is 108 Å². The maximum absolute atomic E-state index is 13.2. The first-order valence-electron chi connectivity index (χ1n) is 5.39. The molecule has 0 amide bonds. The second-order valence-corrected chi connectivity index (χ2v) is 3.77. The van der Waals surface area contributed by atoms with Crippen LogP contribution in [0.5, 0.6) is 0 Å². The molecule has 1 aromatic heterocycles. The van der Waals surface area contributed by atoms with Crippen molar-refractivity contribution in [3.63, 3.8) is 0 Å². The van der Waals surface area contributed by atoms with Gasteiger partial charge in [0.15, 0.2) is 0 Å². The van der Waals surface area contributed by atoms with E-state index in [9.17, 15) is 19.8 Å². The van der Waals surface area contributed by atoms with Gasteiger partial charge >= 0.3 is 0 Å². The standard InChI is InChI=1S/C13H8FN3O2/c14-12-7-6-11(17(18)19)13(16-12)10(8-15)9-4-2-1-3-5-9/h1-7,10H. The SMILES string of the molecule is N#CC(c1ccccc1)c1nc(F)ccc1[N+](=O)[O-]. The fourth-order valence-electron chi connectivity index (χ4n) is 1.75. The van der Waals surface area contributed by atoms with E-state index in [0.717, 1.165) is 12.1 Å². The zero-order valence-corrected chi connectivity index (χ0v) is 9.65. The first kappa shape index (κ1) is 12.6. The Bertz CT molecular complexity index is 653. The second-order valence-electron chi connectivity index (χ2n) is 3.77. The minimum Gasteiger partial charge on any atom is -0.258 e. The normalized spacial score (nSPS) is 11.6. The van der Waals surface area contributed by atoms with E-state index in [-0.39, 0.29) is 11.4 Å². The lowest BCUT2D eigenvalue weighted by molar-refractivity contribution is -0.386. The summed E-state index contributed by atoms with van der Waals surface area (Å²) in [5, 5.41) is 20.1. The largest absolute Gasteiger partial charge is 0.292 e. The van der Waals surface area contributed by atoms with Gasteiger partial charge in [-0.3, -0.25) is 10.1 Å². The topological polar surface area (TPSA) is 79.8 Å². The van der Waals surface area contributed by atoms with Crippen LogP contribution in [0.15, 0.2) is 42.5 Å². The Balaban J connectivity index is 2.59. The Kier molecular flexibility index (Phi) is 3.48. The first-order chi connectivity index (χ1) is 9.13. The number of nitro groups is 1. The smallest absolute Gasteiger partial charge is 0.258 e. The number of pyridine rings is 1. The number of nitrogens with zero attached hydrogens (tertiary/aromatic N) is 3. The van der Waals surface area contributed by atoms with Crippen LogP contribution in [0, 0.1) is 27.4 Å². The molecule has 0 aliphatic rings. The van der Waals surface area contributed by atoms with Crippen LogP contribution in [-0.4, -0.2) is 9.91 Å². The summed E-state index contributed by atoms with van der Waals surface area (Å²) in [6.07, 6.45) is 0. The molecule has 0 bridgehead atoms. The molecular formula is C13H8FN3O2. The number of benzene rings is 1. The first-order valence-corrected chi connectivity index (χ1v) is 5.39. The summed E-state index contributed by atoms with van der Waals surface area (Å²) >= 11 is 0. The van der Waals surface area contributed by atoms with Gasteiger partial charge in [0, 0.05) is 12.1 Å². The van der Waals surface area contributed by atoms with E-state index >= 15 is 0 Å². The number of hydrogen-bond donors (Lipinski definition) is 0. The average molecular weight is 257 g/mol. The number of halogens is 1. The van der Waals surface area contributed by atoms with Crippen LogP contribution in [0.2, 0.25) is 0 Å². The van der Waals surface area contributed by atoms with Gasteiger partial charge in [-0.05, 0) is 5.56 Å². The zero-order valence-electron chi connectivity index (χ0n) is 9.65. The molecule has 2 rings (SSSR count). The molecular weight excluding hydrogens is 249 g/mol. The highest BCUT2D eigenvalue weighted by Gasteiger charge is 2.25. The van der Waals surface area contributed by atoms with Crippen LogP contribution in [0.25, 0.3) is 0 Å². The summed E-state index contributed by atoms with van der Waals surface area (Å²) in [7, 11) is 0. The molecule has 0 N–H and O–H groups in total. The summed E-state index contributed by atoms with van der Waals surface area (Å²) < 4.78 is 13.2. The monoisotopic (exact) mass is 257 g/mol. The van der Waals surface area contributed by atoms with Crippen molar-refractivity contribution in [1.82, 2.24) is 4.98 Å². The fraction of sp³-hybridized carbons (Fsp3) is 0.0769. The third-order valence-electron chi connectivity index (χ3n) is 2.60. The van der Waals surface area contributed by atoms with E-state index in [0.29, 0.717) is 5.56 Å². The summed E-state index contributed by atoms with van der Waals surface area (Å²) in [6, 6.07) is 12.3. The zero-order chi connectivity index (χ0) is 13.8. The van der Waals surface area contributed by atoms with E-state index in [2.05, 4.69) is 4.98 Å². The van der Waals surface area contributed by atoms with Crippen LogP contribution in [-0.2, 0) is 0 Å². The molecule has 0 fully saturated rings. The van der Waals surface area contributed by atoms with Gasteiger partial charge in [0.25, 0.3) is 5.69 Å². The number of aromatic nitrogens is 1. The predicted molar refractivity (Wildman–Crippen MR) is 64.7 cm³/mol. The van der Waals surface area contributed by atoms with Crippen LogP contribution in [0.1, 0.15) is 17.2 Å². The maximum atomic E-state index is 13.2. The van der Waals surface area contributed by atoms with Crippen LogP contribution in [0.4, 0.5) is 10.1 Å². The molecule has 0 aliphatic carbocycles. The van der Waals surface area contributed by atoms with Gasteiger partial charge in [-0.15, -0.1) is 0 Å². The summed E-state index contributed by atoms with van der Waals surface area (Å²) in [6.45, 7) is 0. The molecule has 0 saturated carbocycles. The minimum absolute atomic E-state index is 0.182. The van der Waals surface area contributed by atoms with Crippen molar-refractivity contribution in [2.75, 3.05) is 0 Å². The molecule has 6 heteroatoms. The molecule has 0 radical (unpaired) electrons. The van der Waals surface area contributed by atoms with Crippen molar-refractivity contribution < 1.29 is 9.31 Å².